The summed E-state index contributed by atoms with van der Waals surface area (Å²) < 4.78 is 5.39. The molecule has 1 aromatic carbocycles. The van der Waals surface area contributed by atoms with Crippen LogP contribution in [0.15, 0.2) is 34.9 Å². The lowest BCUT2D eigenvalue weighted by molar-refractivity contribution is 0.167. The molecule has 2 aromatic rings. The standard InChI is InChI=1S/C20H29N3O/c1-20(2,3)19-21-18(22-24-19)15-23-13-11-17(12-14-23)10-9-16-7-5-4-6-8-16/h4-8,17H,9-15H2,1-3H3. The van der Waals surface area contributed by atoms with Gasteiger partial charge in [-0.2, -0.15) is 4.98 Å². The summed E-state index contributed by atoms with van der Waals surface area (Å²) in [6.07, 6.45) is 5.05. The number of rotatable bonds is 5. The fourth-order valence-electron chi connectivity index (χ4n) is 3.27. The first kappa shape index (κ1) is 17.2. The number of aromatic nitrogens is 2. The average Bonchev–Trinajstić information content (AvgIpc) is 3.04. The number of likely N-dealkylation sites (tertiary alicyclic amines) is 1. The van der Waals surface area contributed by atoms with Gasteiger partial charge in [-0.3, -0.25) is 4.90 Å². The van der Waals surface area contributed by atoms with E-state index in [9.17, 15) is 0 Å². The largest absolute Gasteiger partial charge is 0.339 e. The zero-order chi connectivity index (χ0) is 17.0. The Morgan fingerprint density at radius 2 is 1.83 bits per heavy atom. The van der Waals surface area contributed by atoms with Gasteiger partial charge in [-0.15, -0.1) is 0 Å². The van der Waals surface area contributed by atoms with Crippen molar-refractivity contribution >= 4 is 0 Å². The molecule has 0 atom stereocenters. The van der Waals surface area contributed by atoms with E-state index in [1.807, 2.05) is 0 Å². The summed E-state index contributed by atoms with van der Waals surface area (Å²) in [6, 6.07) is 10.8. The molecule has 1 aliphatic heterocycles. The molecule has 1 fully saturated rings. The Morgan fingerprint density at radius 1 is 1.12 bits per heavy atom. The third kappa shape index (κ3) is 4.67. The van der Waals surface area contributed by atoms with Gasteiger partial charge in [0.15, 0.2) is 5.82 Å². The molecule has 0 N–H and O–H groups in total. The van der Waals surface area contributed by atoms with Crippen molar-refractivity contribution in [2.75, 3.05) is 13.1 Å². The van der Waals surface area contributed by atoms with Crippen molar-refractivity contribution in [3.8, 4) is 0 Å². The van der Waals surface area contributed by atoms with Crippen molar-refractivity contribution in [1.29, 1.82) is 0 Å². The molecule has 1 aromatic heterocycles. The number of benzene rings is 1. The van der Waals surface area contributed by atoms with Gasteiger partial charge >= 0.3 is 0 Å². The zero-order valence-electron chi connectivity index (χ0n) is 15.2. The van der Waals surface area contributed by atoms with Crippen molar-refractivity contribution in [3.63, 3.8) is 0 Å². The van der Waals surface area contributed by atoms with Gasteiger partial charge in [0.25, 0.3) is 0 Å². The lowest BCUT2D eigenvalue weighted by Gasteiger charge is -2.31. The first-order valence-electron chi connectivity index (χ1n) is 9.10. The van der Waals surface area contributed by atoms with E-state index in [4.69, 9.17) is 4.52 Å². The maximum Gasteiger partial charge on any atom is 0.232 e. The Morgan fingerprint density at radius 3 is 2.46 bits per heavy atom. The van der Waals surface area contributed by atoms with E-state index < -0.39 is 0 Å². The maximum absolute atomic E-state index is 5.39. The summed E-state index contributed by atoms with van der Waals surface area (Å²) in [4.78, 5) is 7.01. The fraction of sp³-hybridized carbons (Fsp3) is 0.600. The van der Waals surface area contributed by atoms with Gasteiger partial charge in [0.2, 0.25) is 5.89 Å². The highest BCUT2D eigenvalue weighted by Crippen LogP contribution is 2.24. The summed E-state index contributed by atoms with van der Waals surface area (Å²) >= 11 is 0. The Hall–Kier alpha value is -1.68. The van der Waals surface area contributed by atoms with E-state index in [0.29, 0.717) is 0 Å². The van der Waals surface area contributed by atoms with Crippen LogP contribution in [-0.2, 0) is 18.4 Å². The van der Waals surface area contributed by atoms with Crippen molar-refractivity contribution in [2.24, 2.45) is 5.92 Å². The Kier molecular flexibility index (Phi) is 5.34. The number of hydrogen-bond acceptors (Lipinski definition) is 4. The quantitative estimate of drug-likeness (QED) is 0.825. The molecule has 24 heavy (non-hydrogen) atoms. The van der Waals surface area contributed by atoms with Gasteiger partial charge < -0.3 is 4.52 Å². The first-order valence-corrected chi connectivity index (χ1v) is 9.10. The Labute approximate surface area is 145 Å². The monoisotopic (exact) mass is 327 g/mol. The van der Waals surface area contributed by atoms with Crippen LogP contribution in [-0.4, -0.2) is 28.1 Å². The number of piperidine rings is 1. The Bertz CT molecular complexity index is 622. The third-order valence-corrected chi connectivity index (χ3v) is 4.87. The van der Waals surface area contributed by atoms with Gasteiger partial charge in [-0.1, -0.05) is 56.3 Å². The van der Waals surface area contributed by atoms with Gasteiger partial charge in [0.1, 0.15) is 0 Å². The topological polar surface area (TPSA) is 42.2 Å². The summed E-state index contributed by atoms with van der Waals surface area (Å²) in [5.41, 5.74) is 1.39. The van der Waals surface area contributed by atoms with Crippen LogP contribution in [0.1, 0.15) is 57.3 Å². The van der Waals surface area contributed by atoms with E-state index in [0.717, 1.165) is 37.3 Å². The summed E-state index contributed by atoms with van der Waals surface area (Å²) in [5.74, 6) is 2.40. The molecule has 1 aliphatic rings. The van der Waals surface area contributed by atoms with Crippen LogP contribution < -0.4 is 0 Å². The molecule has 0 unspecified atom stereocenters. The zero-order valence-corrected chi connectivity index (χ0v) is 15.2. The highest BCUT2D eigenvalue weighted by atomic mass is 16.5. The molecular weight excluding hydrogens is 298 g/mol. The molecular formula is C20H29N3O. The van der Waals surface area contributed by atoms with Crippen LogP contribution in [0.2, 0.25) is 0 Å². The second-order valence-electron chi connectivity index (χ2n) is 8.01. The molecule has 0 aliphatic carbocycles. The van der Waals surface area contributed by atoms with Gasteiger partial charge in [-0.05, 0) is 50.3 Å². The summed E-state index contributed by atoms with van der Waals surface area (Å²) in [7, 11) is 0. The smallest absolute Gasteiger partial charge is 0.232 e. The predicted molar refractivity (Wildman–Crippen MR) is 95.8 cm³/mol. The van der Waals surface area contributed by atoms with Gasteiger partial charge in [0.05, 0.1) is 6.54 Å². The van der Waals surface area contributed by atoms with E-state index in [1.54, 1.807) is 0 Å². The van der Waals surface area contributed by atoms with Crippen molar-refractivity contribution in [1.82, 2.24) is 15.0 Å². The third-order valence-electron chi connectivity index (χ3n) is 4.87. The lowest BCUT2D eigenvalue weighted by Crippen LogP contribution is -2.33. The molecule has 0 spiro atoms. The summed E-state index contributed by atoms with van der Waals surface area (Å²) in [6.45, 7) is 9.39. The van der Waals surface area contributed by atoms with Gasteiger partial charge in [-0.25, -0.2) is 0 Å². The fourth-order valence-corrected chi connectivity index (χ4v) is 3.27. The highest BCUT2D eigenvalue weighted by molar-refractivity contribution is 5.14. The van der Waals surface area contributed by atoms with E-state index >= 15 is 0 Å². The molecule has 0 bridgehead atoms. The summed E-state index contributed by atoms with van der Waals surface area (Å²) in [5, 5.41) is 4.14. The van der Waals surface area contributed by atoms with Crippen LogP contribution >= 0.6 is 0 Å². The van der Waals surface area contributed by atoms with Crippen LogP contribution in [0.4, 0.5) is 0 Å². The number of hydrogen-bond donors (Lipinski definition) is 0. The molecule has 4 heteroatoms. The minimum atomic E-state index is -0.0737. The van der Waals surface area contributed by atoms with E-state index in [-0.39, 0.29) is 5.41 Å². The molecule has 3 rings (SSSR count). The second kappa shape index (κ2) is 7.47. The molecule has 0 amide bonds. The van der Waals surface area contributed by atoms with Crippen LogP contribution in [0, 0.1) is 5.92 Å². The van der Waals surface area contributed by atoms with Crippen LogP contribution in [0.25, 0.3) is 0 Å². The van der Waals surface area contributed by atoms with E-state index in [2.05, 4.69) is 66.1 Å². The minimum Gasteiger partial charge on any atom is -0.339 e. The maximum atomic E-state index is 5.39. The van der Waals surface area contributed by atoms with Crippen molar-refractivity contribution < 1.29 is 4.52 Å². The number of nitrogens with zero attached hydrogens (tertiary/aromatic N) is 3. The van der Waals surface area contributed by atoms with Crippen LogP contribution in [0.5, 0.6) is 0 Å². The normalized spacial score (nSPS) is 17.3. The van der Waals surface area contributed by atoms with E-state index in [1.165, 1.54) is 31.2 Å². The lowest BCUT2D eigenvalue weighted by atomic mass is 9.90. The highest BCUT2D eigenvalue weighted by Gasteiger charge is 2.24. The van der Waals surface area contributed by atoms with Crippen LogP contribution in [0.3, 0.4) is 0 Å². The SMILES string of the molecule is CC(C)(C)c1nc(CN2CCC(CCc3ccccc3)CC2)no1. The first-order chi connectivity index (χ1) is 11.5. The molecule has 1 saturated heterocycles. The molecule has 4 nitrogen and oxygen atoms in total. The Balaban J connectivity index is 1.43. The van der Waals surface area contributed by atoms with Gasteiger partial charge in [0, 0.05) is 5.41 Å². The molecule has 0 radical (unpaired) electrons. The minimum absolute atomic E-state index is 0.0737. The molecule has 130 valence electrons. The van der Waals surface area contributed by atoms with Crippen molar-refractivity contribution in [2.45, 2.75) is 58.4 Å². The number of aryl methyl sites for hydroxylation is 1. The average molecular weight is 327 g/mol. The molecule has 2 heterocycles. The predicted octanol–water partition coefficient (Wildman–Crippen LogP) is 4.21. The van der Waals surface area contributed by atoms with Crippen molar-refractivity contribution in [3.05, 3.63) is 47.6 Å². The second-order valence-corrected chi connectivity index (χ2v) is 8.01. The molecule has 0 saturated carbocycles.